The summed E-state index contributed by atoms with van der Waals surface area (Å²) in [6.45, 7) is 5.77. The van der Waals surface area contributed by atoms with Crippen LogP contribution in [0.15, 0.2) is 12.4 Å². The Morgan fingerprint density at radius 2 is 0.800 bits per heavy atom. The molecule has 0 atom stereocenters. The fourth-order valence-electron chi connectivity index (χ4n) is 5.37. The SMILES string of the molecule is CCCCCCCCCCCCCCCc1nccn1CCCCCCCCCCCCCCC. The molecular formula is C33H64N2. The van der Waals surface area contributed by atoms with Gasteiger partial charge < -0.3 is 4.57 Å². The van der Waals surface area contributed by atoms with Gasteiger partial charge in [-0.15, -0.1) is 0 Å². The van der Waals surface area contributed by atoms with Crippen molar-refractivity contribution in [1.82, 2.24) is 9.55 Å². The summed E-state index contributed by atoms with van der Waals surface area (Å²) in [7, 11) is 0. The summed E-state index contributed by atoms with van der Waals surface area (Å²) in [5, 5.41) is 0. The van der Waals surface area contributed by atoms with Crippen LogP contribution in [0.4, 0.5) is 0 Å². The first-order chi connectivity index (χ1) is 17.4. The lowest BCUT2D eigenvalue weighted by atomic mass is 10.0. The molecule has 0 bridgehead atoms. The number of rotatable bonds is 28. The highest BCUT2D eigenvalue weighted by Gasteiger charge is 2.03. The molecule has 0 amide bonds. The minimum absolute atomic E-state index is 1.17. The molecule has 2 nitrogen and oxygen atoms in total. The maximum atomic E-state index is 4.65. The van der Waals surface area contributed by atoms with Crippen molar-refractivity contribution in [2.24, 2.45) is 0 Å². The zero-order valence-corrected chi connectivity index (χ0v) is 24.3. The van der Waals surface area contributed by atoms with Crippen LogP contribution in [-0.4, -0.2) is 9.55 Å². The molecule has 0 N–H and O–H groups in total. The molecule has 206 valence electrons. The topological polar surface area (TPSA) is 17.8 Å². The van der Waals surface area contributed by atoms with Crippen LogP contribution in [0, 0.1) is 0 Å². The first-order valence-electron chi connectivity index (χ1n) is 16.4. The maximum Gasteiger partial charge on any atom is 0.108 e. The van der Waals surface area contributed by atoms with Crippen molar-refractivity contribution in [3.8, 4) is 0 Å². The van der Waals surface area contributed by atoms with E-state index in [-0.39, 0.29) is 0 Å². The molecular weight excluding hydrogens is 424 g/mol. The van der Waals surface area contributed by atoms with E-state index in [9.17, 15) is 0 Å². The molecule has 2 heteroatoms. The lowest BCUT2D eigenvalue weighted by Gasteiger charge is -2.08. The van der Waals surface area contributed by atoms with Crippen LogP contribution in [0.25, 0.3) is 0 Å². The molecule has 1 aromatic rings. The highest BCUT2D eigenvalue weighted by molar-refractivity contribution is 4.92. The van der Waals surface area contributed by atoms with E-state index in [4.69, 9.17) is 0 Å². The summed E-state index contributed by atoms with van der Waals surface area (Å²) in [5.74, 6) is 1.33. The second-order valence-electron chi connectivity index (χ2n) is 11.3. The van der Waals surface area contributed by atoms with Gasteiger partial charge in [-0.1, -0.05) is 168 Å². The minimum Gasteiger partial charge on any atom is -0.335 e. The second-order valence-corrected chi connectivity index (χ2v) is 11.3. The van der Waals surface area contributed by atoms with Gasteiger partial charge in [0.1, 0.15) is 5.82 Å². The fourth-order valence-corrected chi connectivity index (χ4v) is 5.37. The van der Waals surface area contributed by atoms with Crippen LogP contribution in [0.3, 0.4) is 0 Å². The third-order valence-corrected chi connectivity index (χ3v) is 7.81. The van der Waals surface area contributed by atoms with E-state index >= 15 is 0 Å². The third kappa shape index (κ3) is 21.0. The Kier molecular flexibility index (Phi) is 24.2. The summed E-state index contributed by atoms with van der Waals surface area (Å²) in [4.78, 5) is 4.65. The Labute approximate surface area is 221 Å². The van der Waals surface area contributed by atoms with E-state index in [1.807, 2.05) is 6.20 Å². The Balaban J connectivity index is 1.87. The van der Waals surface area contributed by atoms with E-state index in [0.29, 0.717) is 0 Å². The number of hydrogen-bond donors (Lipinski definition) is 0. The summed E-state index contributed by atoms with van der Waals surface area (Å²) in [6.07, 6.45) is 42.5. The van der Waals surface area contributed by atoms with Gasteiger partial charge in [0.05, 0.1) is 0 Å². The van der Waals surface area contributed by atoms with E-state index in [1.165, 1.54) is 186 Å². The Morgan fingerprint density at radius 1 is 0.457 bits per heavy atom. The molecule has 0 spiro atoms. The normalized spacial score (nSPS) is 11.5. The van der Waals surface area contributed by atoms with E-state index in [0.717, 1.165) is 0 Å². The molecule has 0 aliphatic carbocycles. The molecule has 0 aliphatic heterocycles. The molecule has 0 aromatic carbocycles. The molecule has 0 saturated heterocycles. The van der Waals surface area contributed by atoms with Gasteiger partial charge in [-0.25, -0.2) is 4.98 Å². The lowest BCUT2D eigenvalue weighted by molar-refractivity contribution is 0.516. The maximum absolute atomic E-state index is 4.65. The summed E-state index contributed by atoms with van der Waals surface area (Å²) >= 11 is 0. The summed E-state index contributed by atoms with van der Waals surface area (Å²) in [5.41, 5.74) is 0. The van der Waals surface area contributed by atoms with Crippen molar-refractivity contribution < 1.29 is 0 Å². The number of hydrogen-bond acceptors (Lipinski definition) is 1. The number of nitrogens with zero attached hydrogens (tertiary/aromatic N) is 2. The van der Waals surface area contributed by atoms with Crippen molar-refractivity contribution >= 4 is 0 Å². The van der Waals surface area contributed by atoms with Gasteiger partial charge >= 0.3 is 0 Å². The molecule has 1 rings (SSSR count). The van der Waals surface area contributed by atoms with Crippen LogP contribution in [0.2, 0.25) is 0 Å². The predicted molar refractivity (Wildman–Crippen MR) is 157 cm³/mol. The lowest BCUT2D eigenvalue weighted by Crippen LogP contribution is -2.03. The highest BCUT2D eigenvalue weighted by atomic mass is 15.1. The van der Waals surface area contributed by atoms with E-state index in [1.54, 1.807) is 0 Å². The average Bonchev–Trinajstić information content (AvgIpc) is 3.32. The Bertz CT molecular complexity index is 476. The van der Waals surface area contributed by atoms with E-state index < -0.39 is 0 Å². The van der Waals surface area contributed by atoms with Gasteiger partial charge in [0.15, 0.2) is 0 Å². The largest absolute Gasteiger partial charge is 0.335 e. The number of aryl methyl sites for hydroxylation is 2. The van der Waals surface area contributed by atoms with Crippen molar-refractivity contribution in [2.75, 3.05) is 0 Å². The quantitative estimate of drug-likeness (QED) is 0.107. The average molecular weight is 489 g/mol. The van der Waals surface area contributed by atoms with Crippen molar-refractivity contribution in [3.63, 3.8) is 0 Å². The van der Waals surface area contributed by atoms with Gasteiger partial charge in [-0.05, 0) is 12.8 Å². The van der Waals surface area contributed by atoms with Crippen LogP contribution >= 0.6 is 0 Å². The smallest absolute Gasteiger partial charge is 0.108 e. The van der Waals surface area contributed by atoms with Gasteiger partial charge in [0, 0.05) is 25.4 Å². The highest BCUT2D eigenvalue weighted by Crippen LogP contribution is 2.15. The van der Waals surface area contributed by atoms with Gasteiger partial charge in [-0.3, -0.25) is 0 Å². The summed E-state index contributed by atoms with van der Waals surface area (Å²) in [6, 6.07) is 0. The third-order valence-electron chi connectivity index (χ3n) is 7.81. The first kappa shape index (κ1) is 32.2. The van der Waals surface area contributed by atoms with Crippen molar-refractivity contribution in [1.29, 1.82) is 0 Å². The minimum atomic E-state index is 1.17. The molecule has 1 heterocycles. The van der Waals surface area contributed by atoms with Crippen LogP contribution in [0.5, 0.6) is 0 Å². The zero-order valence-electron chi connectivity index (χ0n) is 24.3. The molecule has 0 unspecified atom stereocenters. The Morgan fingerprint density at radius 3 is 1.20 bits per heavy atom. The zero-order chi connectivity index (χ0) is 25.1. The molecule has 0 radical (unpaired) electrons. The van der Waals surface area contributed by atoms with Gasteiger partial charge in [-0.2, -0.15) is 0 Å². The van der Waals surface area contributed by atoms with Crippen molar-refractivity contribution in [2.45, 2.75) is 194 Å². The molecule has 0 fully saturated rings. The number of unbranched alkanes of at least 4 members (excludes halogenated alkanes) is 24. The number of imidazole rings is 1. The first-order valence-corrected chi connectivity index (χ1v) is 16.4. The predicted octanol–water partition coefficient (Wildman–Crippen LogP) is 11.6. The van der Waals surface area contributed by atoms with Crippen LogP contribution < -0.4 is 0 Å². The van der Waals surface area contributed by atoms with Crippen molar-refractivity contribution in [3.05, 3.63) is 18.2 Å². The molecule has 1 aromatic heterocycles. The monoisotopic (exact) mass is 489 g/mol. The molecule has 0 saturated carbocycles. The standard InChI is InChI=1S/C33H64N2/c1-3-5-7-9-11-13-15-17-19-21-23-25-27-29-33-34-30-32-35(33)31-28-26-24-22-20-18-16-14-12-10-8-6-4-2/h30,32H,3-29,31H2,1-2H3. The molecule has 0 aliphatic rings. The van der Waals surface area contributed by atoms with Gasteiger partial charge in [0.2, 0.25) is 0 Å². The number of aromatic nitrogens is 2. The molecule has 35 heavy (non-hydrogen) atoms. The van der Waals surface area contributed by atoms with Crippen LogP contribution in [0.1, 0.15) is 187 Å². The second kappa shape index (κ2) is 26.3. The van der Waals surface area contributed by atoms with Gasteiger partial charge in [0.25, 0.3) is 0 Å². The Hall–Kier alpha value is -0.790. The van der Waals surface area contributed by atoms with Crippen LogP contribution in [-0.2, 0) is 13.0 Å². The van der Waals surface area contributed by atoms with E-state index in [2.05, 4.69) is 29.6 Å². The fraction of sp³-hybridized carbons (Fsp3) is 0.909. The summed E-state index contributed by atoms with van der Waals surface area (Å²) < 4.78 is 2.43.